The van der Waals surface area contributed by atoms with Gasteiger partial charge < -0.3 is 19.5 Å². The normalized spacial score (nSPS) is 30.4. The van der Waals surface area contributed by atoms with Gasteiger partial charge in [0.15, 0.2) is 11.6 Å². The van der Waals surface area contributed by atoms with Crippen molar-refractivity contribution in [2.45, 2.75) is 50.9 Å². The third kappa shape index (κ3) is 2.48. The van der Waals surface area contributed by atoms with Crippen molar-refractivity contribution in [3.63, 3.8) is 0 Å². The van der Waals surface area contributed by atoms with Crippen molar-refractivity contribution < 1.29 is 19.0 Å². The molecule has 7 nitrogen and oxygen atoms in total. The summed E-state index contributed by atoms with van der Waals surface area (Å²) < 4.78 is 21.1. The molecule has 23 heavy (non-hydrogen) atoms. The highest BCUT2D eigenvalue weighted by Gasteiger charge is 2.64. The van der Waals surface area contributed by atoms with Gasteiger partial charge in [-0.2, -0.15) is 4.37 Å². The van der Waals surface area contributed by atoms with Crippen LogP contribution in [-0.2, 0) is 24.6 Å². The maximum Gasteiger partial charge on any atom is 0.237 e. The zero-order valence-electron chi connectivity index (χ0n) is 14.0. The molecule has 2 fully saturated rings. The molecule has 1 N–H and O–H groups in total. The molecule has 2 aliphatic rings. The van der Waals surface area contributed by atoms with Crippen LogP contribution in [-0.4, -0.2) is 41.9 Å². The summed E-state index contributed by atoms with van der Waals surface area (Å²) in [5.41, 5.74) is -1.22. The van der Waals surface area contributed by atoms with Crippen LogP contribution in [0.1, 0.15) is 45.4 Å². The molecule has 2 atom stereocenters. The number of carbonyl (C=O) groups excluding carboxylic acids is 1. The van der Waals surface area contributed by atoms with E-state index in [1.165, 1.54) is 0 Å². The molecule has 1 saturated carbocycles. The topological polar surface area (TPSA) is 82.6 Å². The summed E-state index contributed by atoms with van der Waals surface area (Å²) in [7, 11) is 3.22. The Balaban J connectivity index is 1.80. The minimum atomic E-state index is -0.795. The third-order valence-corrected chi connectivity index (χ3v) is 5.79. The average Bonchev–Trinajstić information content (AvgIpc) is 3.19. The van der Waals surface area contributed by atoms with Crippen LogP contribution in [0.15, 0.2) is 0 Å². The Morgan fingerprint density at radius 1 is 1.35 bits per heavy atom. The molecule has 3 rings (SSSR count). The van der Waals surface area contributed by atoms with Crippen molar-refractivity contribution in [1.29, 1.82) is 0 Å². The van der Waals surface area contributed by atoms with Crippen molar-refractivity contribution in [1.82, 2.24) is 9.36 Å². The second-order valence-corrected chi connectivity index (χ2v) is 7.33. The number of fused-ring (bicyclic) bond motifs is 1. The van der Waals surface area contributed by atoms with Gasteiger partial charge in [0.2, 0.25) is 11.0 Å². The SMILES string of the molecule is COC(C)(C)c1nsc(NC(=O)[C@]23CCC[C@@]2(OC)OCC3)n1. The van der Waals surface area contributed by atoms with Crippen LogP contribution < -0.4 is 5.32 Å². The number of carbonyl (C=O) groups is 1. The highest BCUT2D eigenvalue weighted by atomic mass is 32.1. The van der Waals surface area contributed by atoms with Gasteiger partial charge in [-0.25, -0.2) is 4.98 Å². The number of ether oxygens (including phenoxy) is 3. The van der Waals surface area contributed by atoms with Crippen LogP contribution in [0.2, 0.25) is 0 Å². The molecule has 2 heterocycles. The summed E-state index contributed by atoms with van der Waals surface area (Å²) in [6, 6.07) is 0. The van der Waals surface area contributed by atoms with Crippen molar-refractivity contribution in [3.05, 3.63) is 5.82 Å². The van der Waals surface area contributed by atoms with Gasteiger partial charge in [-0.05, 0) is 33.1 Å². The van der Waals surface area contributed by atoms with Gasteiger partial charge in [-0.3, -0.25) is 4.79 Å². The maximum atomic E-state index is 12.9. The number of hydrogen-bond acceptors (Lipinski definition) is 7. The van der Waals surface area contributed by atoms with E-state index in [0.717, 1.165) is 30.8 Å². The summed E-state index contributed by atoms with van der Waals surface area (Å²) in [6.45, 7) is 4.31. The van der Waals surface area contributed by atoms with Gasteiger partial charge in [0, 0.05) is 32.2 Å². The number of aromatic nitrogens is 2. The van der Waals surface area contributed by atoms with Crippen LogP contribution in [0.25, 0.3) is 0 Å². The molecule has 1 aliphatic heterocycles. The number of amides is 1. The molecule has 0 bridgehead atoms. The molecule has 0 radical (unpaired) electrons. The molecule has 1 aliphatic carbocycles. The molecule has 0 spiro atoms. The number of nitrogens with zero attached hydrogens (tertiary/aromatic N) is 2. The predicted molar refractivity (Wildman–Crippen MR) is 85.2 cm³/mol. The quantitative estimate of drug-likeness (QED) is 0.885. The number of anilines is 1. The minimum absolute atomic E-state index is 0.0905. The Kier molecular flexibility index (Phi) is 4.20. The molecule has 0 aromatic carbocycles. The van der Waals surface area contributed by atoms with Gasteiger partial charge in [-0.1, -0.05) is 0 Å². The molecule has 128 valence electrons. The first-order valence-corrected chi connectivity index (χ1v) is 8.56. The summed E-state index contributed by atoms with van der Waals surface area (Å²) in [5.74, 6) is -0.326. The Morgan fingerprint density at radius 2 is 2.13 bits per heavy atom. The van der Waals surface area contributed by atoms with Crippen LogP contribution in [0.4, 0.5) is 5.13 Å². The Morgan fingerprint density at radius 3 is 2.83 bits per heavy atom. The summed E-state index contributed by atoms with van der Waals surface area (Å²) >= 11 is 1.16. The number of rotatable bonds is 5. The first kappa shape index (κ1) is 16.8. The molecule has 1 aromatic rings. The third-order valence-electron chi connectivity index (χ3n) is 5.16. The highest BCUT2D eigenvalue weighted by molar-refractivity contribution is 7.09. The first-order chi connectivity index (χ1) is 10.9. The summed E-state index contributed by atoms with van der Waals surface area (Å²) in [4.78, 5) is 17.3. The standard InChI is InChI=1S/C15H23N3O4S/c1-13(2,20-3)10-16-12(23-18-10)17-11(19)14-6-5-7-15(14,21-4)22-9-8-14/h5-9H2,1-4H3,(H,16,17,18,19)/t14-,15-/m1/s1. The van der Waals surface area contributed by atoms with Gasteiger partial charge in [0.25, 0.3) is 0 Å². The van der Waals surface area contributed by atoms with Crippen molar-refractivity contribution in [2.75, 3.05) is 26.1 Å². The first-order valence-electron chi connectivity index (χ1n) is 7.79. The Bertz CT molecular complexity index is 591. The largest absolute Gasteiger partial charge is 0.371 e. The lowest BCUT2D eigenvalue weighted by Crippen LogP contribution is -2.49. The Labute approximate surface area is 139 Å². The fourth-order valence-corrected chi connectivity index (χ4v) is 4.25. The lowest BCUT2D eigenvalue weighted by molar-refractivity contribution is -0.227. The van der Waals surface area contributed by atoms with E-state index in [4.69, 9.17) is 14.2 Å². The van der Waals surface area contributed by atoms with E-state index in [1.54, 1.807) is 14.2 Å². The fourth-order valence-electron chi connectivity index (χ4n) is 3.55. The second-order valence-electron chi connectivity index (χ2n) is 6.58. The van der Waals surface area contributed by atoms with E-state index < -0.39 is 16.8 Å². The lowest BCUT2D eigenvalue weighted by atomic mass is 9.79. The highest BCUT2D eigenvalue weighted by Crippen LogP contribution is 2.56. The molecular weight excluding hydrogens is 318 g/mol. The maximum absolute atomic E-state index is 12.9. The zero-order chi connectivity index (χ0) is 16.7. The fraction of sp³-hybridized carbons (Fsp3) is 0.800. The van der Waals surface area contributed by atoms with Crippen LogP contribution in [0, 0.1) is 5.41 Å². The molecular formula is C15H23N3O4S. The number of methoxy groups -OCH3 is 2. The Hall–Kier alpha value is -1.09. The van der Waals surface area contributed by atoms with Gasteiger partial charge in [0.1, 0.15) is 11.0 Å². The van der Waals surface area contributed by atoms with Gasteiger partial charge in [-0.15, -0.1) is 0 Å². The van der Waals surface area contributed by atoms with E-state index in [9.17, 15) is 4.79 Å². The van der Waals surface area contributed by atoms with Crippen LogP contribution in [0.3, 0.4) is 0 Å². The number of hydrogen-bond donors (Lipinski definition) is 1. The smallest absolute Gasteiger partial charge is 0.237 e. The lowest BCUT2D eigenvalue weighted by Gasteiger charge is -2.36. The molecule has 1 aromatic heterocycles. The van der Waals surface area contributed by atoms with Crippen molar-refractivity contribution in [2.24, 2.45) is 5.41 Å². The number of nitrogens with one attached hydrogen (secondary N) is 1. The van der Waals surface area contributed by atoms with Crippen molar-refractivity contribution >= 4 is 22.6 Å². The van der Waals surface area contributed by atoms with E-state index in [0.29, 0.717) is 24.0 Å². The van der Waals surface area contributed by atoms with Gasteiger partial charge >= 0.3 is 0 Å². The summed E-state index contributed by atoms with van der Waals surface area (Å²) in [5, 5.41) is 3.39. The van der Waals surface area contributed by atoms with E-state index in [2.05, 4.69) is 14.7 Å². The van der Waals surface area contributed by atoms with E-state index in [1.807, 2.05) is 13.8 Å². The van der Waals surface area contributed by atoms with Crippen LogP contribution in [0.5, 0.6) is 0 Å². The molecule has 1 saturated heterocycles. The predicted octanol–water partition coefficient (Wildman–Crippen LogP) is 2.29. The van der Waals surface area contributed by atoms with Gasteiger partial charge in [0.05, 0.1) is 6.61 Å². The molecule has 8 heteroatoms. The van der Waals surface area contributed by atoms with Crippen LogP contribution >= 0.6 is 11.5 Å². The van der Waals surface area contributed by atoms with E-state index >= 15 is 0 Å². The average molecular weight is 341 g/mol. The second kappa shape index (κ2) is 5.77. The molecule has 0 unspecified atom stereocenters. The zero-order valence-corrected chi connectivity index (χ0v) is 14.8. The minimum Gasteiger partial charge on any atom is -0.371 e. The monoisotopic (exact) mass is 341 g/mol. The summed E-state index contributed by atoms with van der Waals surface area (Å²) in [6.07, 6.45) is 3.10. The van der Waals surface area contributed by atoms with Crippen molar-refractivity contribution in [3.8, 4) is 0 Å². The molecule has 1 amide bonds. The van der Waals surface area contributed by atoms with E-state index in [-0.39, 0.29) is 5.91 Å².